The lowest BCUT2D eigenvalue weighted by Crippen LogP contribution is -2.38. The van der Waals surface area contributed by atoms with Gasteiger partial charge in [0.2, 0.25) is 0 Å². The zero-order valence-electron chi connectivity index (χ0n) is 10.3. The van der Waals surface area contributed by atoms with E-state index in [1.165, 1.54) is 0 Å². The Kier molecular flexibility index (Phi) is 19.5. The van der Waals surface area contributed by atoms with Crippen LogP contribution < -0.4 is 5.32 Å². The second-order valence-corrected chi connectivity index (χ2v) is 3.28. The molecule has 0 aromatic heterocycles. The summed E-state index contributed by atoms with van der Waals surface area (Å²) < 4.78 is 0. The number of halogens is 3. The van der Waals surface area contributed by atoms with Gasteiger partial charge in [-0.05, 0) is 12.0 Å². The van der Waals surface area contributed by atoms with Gasteiger partial charge in [-0.3, -0.25) is 18.9 Å². The molecule has 1 rings (SSSR count). The molecule has 1 aromatic rings. The van der Waals surface area contributed by atoms with E-state index in [0.29, 0.717) is 13.0 Å². The maximum Gasteiger partial charge on any atom is 0.321 e. The second-order valence-electron chi connectivity index (χ2n) is 3.28. The summed E-state index contributed by atoms with van der Waals surface area (Å²) in [5.74, 6) is -0.833. The second kappa shape index (κ2) is 14.3. The molecule has 0 bridgehead atoms. The molecule has 1 unspecified atom stereocenters. The van der Waals surface area contributed by atoms with Crippen LogP contribution >= 0.6 is 0 Å². The number of benzene rings is 1. The first kappa shape index (κ1) is 25.9. The van der Waals surface area contributed by atoms with E-state index >= 15 is 0 Å². The van der Waals surface area contributed by atoms with Gasteiger partial charge in [-0.25, -0.2) is 0 Å². The summed E-state index contributed by atoms with van der Waals surface area (Å²) in [6.45, 7) is 4.05. The minimum atomic E-state index is -0.833. The Labute approximate surface area is 112 Å². The summed E-state index contributed by atoms with van der Waals surface area (Å²) in [5.41, 5.74) is 1.02. The average molecular weight is 276 g/mol. The molecule has 19 heavy (non-hydrogen) atoms. The van der Waals surface area contributed by atoms with E-state index in [1.54, 1.807) is 6.08 Å². The van der Waals surface area contributed by atoms with Crippen molar-refractivity contribution in [3.8, 4) is 0 Å². The monoisotopic (exact) mass is 276 g/mol. The van der Waals surface area contributed by atoms with Crippen LogP contribution in [0.25, 0.3) is 0 Å². The summed E-state index contributed by atoms with van der Waals surface area (Å²) in [4.78, 5) is 10.9. The van der Waals surface area contributed by atoms with E-state index in [9.17, 15) is 4.79 Å². The van der Waals surface area contributed by atoms with Crippen LogP contribution in [0, 0.1) is 0 Å². The zero-order chi connectivity index (χ0) is 11.1. The van der Waals surface area contributed by atoms with Crippen LogP contribution in [0.15, 0.2) is 43.0 Å². The highest BCUT2D eigenvalue weighted by Crippen LogP contribution is 2.03. The molecule has 0 aliphatic carbocycles. The van der Waals surface area contributed by atoms with E-state index in [0.717, 1.165) is 5.56 Å². The summed E-state index contributed by atoms with van der Waals surface area (Å²) in [7, 11) is 0. The molecule has 0 spiro atoms. The average Bonchev–Trinajstić information content (AvgIpc) is 2.25. The summed E-state index contributed by atoms with van der Waals surface area (Å²) in [6, 6.07) is 9.02. The molecule has 107 valence electrons. The normalized spacial score (nSPS) is 9.47. The van der Waals surface area contributed by atoms with Gasteiger partial charge in [-0.1, -0.05) is 36.4 Å². The van der Waals surface area contributed by atoms with Gasteiger partial charge in [0.25, 0.3) is 0 Å². The van der Waals surface area contributed by atoms with E-state index < -0.39 is 12.0 Å². The van der Waals surface area contributed by atoms with Crippen molar-refractivity contribution >= 4 is 14.4 Å². The smallest absolute Gasteiger partial charge is 0.321 e. The standard InChI is InChI=1S/C12H15NO2.B.3FH/c1-2-8-13-11(12(14)15)9-10-6-4-3-5-7-10;;;;/h2-7,11,13H,1,8-9H2,(H,14,15);;3*1H. The van der Waals surface area contributed by atoms with Crippen molar-refractivity contribution in [1.82, 2.24) is 5.32 Å². The third-order valence-corrected chi connectivity index (χ3v) is 2.09. The number of rotatable bonds is 6. The fraction of sp³-hybridized carbons (Fsp3) is 0.250. The highest BCUT2D eigenvalue weighted by atomic mass is 19.0. The maximum absolute atomic E-state index is 10.9. The van der Waals surface area contributed by atoms with Crippen molar-refractivity contribution in [2.75, 3.05) is 6.54 Å². The Morgan fingerprint density at radius 2 is 1.79 bits per heavy atom. The minimum absolute atomic E-state index is 0. The highest BCUT2D eigenvalue weighted by molar-refractivity contribution is 5.75. The van der Waals surface area contributed by atoms with E-state index in [2.05, 4.69) is 11.9 Å². The predicted molar refractivity (Wildman–Crippen MR) is 73.0 cm³/mol. The first-order chi connectivity index (χ1) is 7.24. The summed E-state index contributed by atoms with van der Waals surface area (Å²) in [5, 5.41) is 11.9. The summed E-state index contributed by atoms with van der Waals surface area (Å²) >= 11 is 0. The van der Waals surface area contributed by atoms with E-state index in [4.69, 9.17) is 5.11 Å². The molecule has 0 heterocycles. The van der Waals surface area contributed by atoms with Crippen molar-refractivity contribution in [1.29, 1.82) is 0 Å². The van der Waals surface area contributed by atoms with Crippen molar-refractivity contribution < 1.29 is 24.0 Å². The number of aliphatic carboxylic acids is 1. The SMILES string of the molecule is C=CCNC(Cc1ccccc1)C(=O)O.F.F.F.[B]. The first-order valence-electron chi connectivity index (χ1n) is 4.85. The van der Waals surface area contributed by atoms with Gasteiger partial charge in [-0.2, -0.15) is 0 Å². The molecule has 1 aromatic carbocycles. The number of hydrogen-bond donors (Lipinski definition) is 2. The molecular weight excluding hydrogens is 258 g/mol. The third kappa shape index (κ3) is 9.90. The molecule has 3 radical (unpaired) electrons. The van der Waals surface area contributed by atoms with E-state index in [-0.39, 0.29) is 22.5 Å². The van der Waals surface area contributed by atoms with Gasteiger partial charge in [0.1, 0.15) is 6.04 Å². The Balaban J connectivity index is -0.000000281. The van der Waals surface area contributed by atoms with Crippen LogP contribution in [0.2, 0.25) is 0 Å². The minimum Gasteiger partial charge on any atom is -0.480 e. The zero-order valence-corrected chi connectivity index (χ0v) is 10.3. The first-order valence-corrected chi connectivity index (χ1v) is 4.85. The van der Waals surface area contributed by atoms with Gasteiger partial charge in [0, 0.05) is 15.0 Å². The Morgan fingerprint density at radius 1 is 1.26 bits per heavy atom. The van der Waals surface area contributed by atoms with Crippen molar-refractivity contribution in [3.63, 3.8) is 0 Å². The molecular formula is C12H18BF3NO2. The van der Waals surface area contributed by atoms with Crippen molar-refractivity contribution in [2.45, 2.75) is 12.5 Å². The molecule has 1 atom stereocenters. The van der Waals surface area contributed by atoms with Crippen molar-refractivity contribution in [2.24, 2.45) is 0 Å². The lowest BCUT2D eigenvalue weighted by atomic mass is 10.1. The Morgan fingerprint density at radius 3 is 2.21 bits per heavy atom. The topological polar surface area (TPSA) is 49.3 Å². The number of carboxylic acid groups (broad SMARTS) is 1. The molecule has 0 saturated heterocycles. The lowest BCUT2D eigenvalue weighted by Gasteiger charge is -2.12. The molecule has 2 N–H and O–H groups in total. The number of nitrogens with one attached hydrogen (secondary N) is 1. The third-order valence-electron chi connectivity index (χ3n) is 2.09. The molecule has 7 heteroatoms. The van der Waals surface area contributed by atoms with Crippen LogP contribution in [-0.4, -0.2) is 32.1 Å². The molecule has 0 saturated carbocycles. The lowest BCUT2D eigenvalue weighted by molar-refractivity contribution is -0.139. The van der Waals surface area contributed by atoms with Gasteiger partial charge < -0.3 is 10.4 Å². The Bertz CT molecular complexity index is 339. The molecule has 0 aliphatic rings. The largest absolute Gasteiger partial charge is 0.480 e. The van der Waals surface area contributed by atoms with Crippen LogP contribution in [0.3, 0.4) is 0 Å². The van der Waals surface area contributed by atoms with Gasteiger partial charge in [-0.15, -0.1) is 6.58 Å². The molecule has 0 fully saturated rings. The number of hydrogen-bond acceptors (Lipinski definition) is 2. The maximum atomic E-state index is 10.9. The molecule has 3 nitrogen and oxygen atoms in total. The van der Waals surface area contributed by atoms with Gasteiger partial charge in [0.15, 0.2) is 0 Å². The van der Waals surface area contributed by atoms with E-state index in [1.807, 2.05) is 30.3 Å². The molecule has 0 aliphatic heterocycles. The molecule has 0 amide bonds. The predicted octanol–water partition coefficient (Wildman–Crippen LogP) is 1.53. The van der Waals surface area contributed by atoms with Crippen LogP contribution in [0.1, 0.15) is 5.56 Å². The van der Waals surface area contributed by atoms with Gasteiger partial charge >= 0.3 is 5.97 Å². The van der Waals surface area contributed by atoms with Gasteiger partial charge in [0.05, 0.1) is 0 Å². The number of carboxylic acids is 1. The van der Waals surface area contributed by atoms with Crippen LogP contribution in [-0.2, 0) is 11.2 Å². The fourth-order valence-electron chi connectivity index (χ4n) is 1.32. The quantitative estimate of drug-likeness (QED) is 0.612. The fourth-order valence-corrected chi connectivity index (χ4v) is 1.32. The van der Waals surface area contributed by atoms with Crippen LogP contribution in [0.5, 0.6) is 0 Å². The Hall–Kier alpha value is -1.76. The van der Waals surface area contributed by atoms with Crippen LogP contribution in [0.4, 0.5) is 14.1 Å². The van der Waals surface area contributed by atoms with Crippen molar-refractivity contribution in [3.05, 3.63) is 48.6 Å². The summed E-state index contributed by atoms with van der Waals surface area (Å²) in [6.07, 6.45) is 2.14. The highest BCUT2D eigenvalue weighted by Gasteiger charge is 2.15. The number of carbonyl (C=O) groups is 1.